The molecule has 100 valence electrons. The summed E-state index contributed by atoms with van der Waals surface area (Å²) in [5.41, 5.74) is 2.49. The van der Waals surface area contributed by atoms with E-state index in [9.17, 15) is 0 Å². The van der Waals surface area contributed by atoms with Crippen LogP contribution in [0, 0.1) is 0 Å². The van der Waals surface area contributed by atoms with Crippen molar-refractivity contribution in [2.24, 2.45) is 0 Å². The van der Waals surface area contributed by atoms with Crippen LogP contribution in [0.1, 0.15) is 17.5 Å². The SMILES string of the molecule is ClC(CCOCc1ccccc1)Cc1ccccc1. The Morgan fingerprint density at radius 3 is 2.05 bits per heavy atom. The predicted molar refractivity (Wildman–Crippen MR) is 80.5 cm³/mol. The Hall–Kier alpha value is -1.31. The van der Waals surface area contributed by atoms with E-state index < -0.39 is 0 Å². The minimum absolute atomic E-state index is 0.137. The molecular formula is C17H19ClO. The number of hydrogen-bond acceptors (Lipinski definition) is 1. The third-order valence-electron chi connectivity index (χ3n) is 2.99. The normalized spacial score (nSPS) is 12.3. The summed E-state index contributed by atoms with van der Waals surface area (Å²) in [4.78, 5) is 0. The van der Waals surface area contributed by atoms with Gasteiger partial charge in [0, 0.05) is 12.0 Å². The average Bonchev–Trinajstić information content (AvgIpc) is 2.46. The maximum atomic E-state index is 6.32. The number of ether oxygens (including phenoxy) is 1. The quantitative estimate of drug-likeness (QED) is 0.536. The van der Waals surface area contributed by atoms with Crippen molar-refractivity contribution in [3.63, 3.8) is 0 Å². The zero-order valence-electron chi connectivity index (χ0n) is 11.0. The van der Waals surface area contributed by atoms with Gasteiger partial charge in [-0.15, -0.1) is 11.6 Å². The minimum Gasteiger partial charge on any atom is -0.377 e. The topological polar surface area (TPSA) is 9.23 Å². The maximum Gasteiger partial charge on any atom is 0.0716 e. The standard InChI is InChI=1S/C17H19ClO/c18-17(13-15-7-3-1-4-8-15)11-12-19-14-16-9-5-2-6-10-16/h1-10,17H,11-14H2. The Balaban J connectivity index is 1.63. The van der Waals surface area contributed by atoms with Crippen LogP contribution in [0.2, 0.25) is 0 Å². The Kier molecular flexibility index (Phi) is 5.93. The van der Waals surface area contributed by atoms with Crippen LogP contribution >= 0.6 is 11.6 Å². The van der Waals surface area contributed by atoms with E-state index in [1.807, 2.05) is 36.4 Å². The molecule has 0 heterocycles. The molecule has 2 rings (SSSR count). The fraction of sp³-hybridized carbons (Fsp3) is 0.294. The van der Waals surface area contributed by atoms with E-state index in [0.717, 1.165) is 12.8 Å². The molecule has 0 spiro atoms. The fourth-order valence-electron chi connectivity index (χ4n) is 1.95. The van der Waals surface area contributed by atoms with Crippen LogP contribution in [0.15, 0.2) is 60.7 Å². The number of alkyl halides is 1. The molecule has 1 nitrogen and oxygen atoms in total. The van der Waals surface area contributed by atoms with Crippen LogP contribution in [0.4, 0.5) is 0 Å². The molecule has 0 amide bonds. The highest BCUT2D eigenvalue weighted by Crippen LogP contribution is 2.12. The van der Waals surface area contributed by atoms with Crippen molar-refractivity contribution in [1.82, 2.24) is 0 Å². The minimum atomic E-state index is 0.137. The summed E-state index contributed by atoms with van der Waals surface area (Å²) in [6.45, 7) is 1.37. The lowest BCUT2D eigenvalue weighted by atomic mass is 10.1. The van der Waals surface area contributed by atoms with E-state index >= 15 is 0 Å². The van der Waals surface area contributed by atoms with Crippen molar-refractivity contribution in [3.8, 4) is 0 Å². The molecule has 0 saturated carbocycles. The molecule has 0 fully saturated rings. The van der Waals surface area contributed by atoms with Crippen molar-refractivity contribution in [3.05, 3.63) is 71.8 Å². The van der Waals surface area contributed by atoms with Gasteiger partial charge in [0.05, 0.1) is 6.61 Å². The van der Waals surface area contributed by atoms with Gasteiger partial charge in [0.2, 0.25) is 0 Å². The maximum absolute atomic E-state index is 6.32. The summed E-state index contributed by atoms with van der Waals surface area (Å²) in [7, 11) is 0. The first-order chi connectivity index (χ1) is 9.34. The van der Waals surface area contributed by atoms with Crippen LogP contribution < -0.4 is 0 Å². The molecule has 0 aliphatic heterocycles. The smallest absolute Gasteiger partial charge is 0.0716 e. The zero-order valence-corrected chi connectivity index (χ0v) is 11.7. The lowest BCUT2D eigenvalue weighted by Gasteiger charge is -2.10. The third-order valence-corrected chi connectivity index (χ3v) is 3.36. The number of halogens is 1. The summed E-state index contributed by atoms with van der Waals surface area (Å²) in [6, 6.07) is 20.5. The zero-order chi connectivity index (χ0) is 13.3. The predicted octanol–water partition coefficient (Wildman–Crippen LogP) is 4.44. The second-order valence-electron chi connectivity index (χ2n) is 4.61. The molecule has 0 aliphatic rings. The molecule has 2 aromatic rings. The van der Waals surface area contributed by atoms with Crippen LogP contribution in [-0.2, 0) is 17.8 Å². The van der Waals surface area contributed by atoms with Gasteiger partial charge in [0.25, 0.3) is 0 Å². The highest BCUT2D eigenvalue weighted by atomic mass is 35.5. The van der Waals surface area contributed by atoms with Gasteiger partial charge >= 0.3 is 0 Å². The number of rotatable bonds is 7. The molecule has 1 unspecified atom stereocenters. The van der Waals surface area contributed by atoms with Gasteiger partial charge in [-0.2, -0.15) is 0 Å². The van der Waals surface area contributed by atoms with Crippen LogP contribution in [0.5, 0.6) is 0 Å². The van der Waals surface area contributed by atoms with Crippen molar-refractivity contribution >= 4 is 11.6 Å². The first-order valence-electron chi connectivity index (χ1n) is 6.64. The van der Waals surface area contributed by atoms with Gasteiger partial charge in [-0.3, -0.25) is 0 Å². The Bertz CT molecular complexity index is 455. The van der Waals surface area contributed by atoms with Crippen LogP contribution in [-0.4, -0.2) is 12.0 Å². The molecule has 1 atom stereocenters. The van der Waals surface area contributed by atoms with E-state index in [0.29, 0.717) is 13.2 Å². The molecule has 2 heteroatoms. The van der Waals surface area contributed by atoms with Gasteiger partial charge in [-0.05, 0) is 24.0 Å². The summed E-state index contributed by atoms with van der Waals surface area (Å²) in [5, 5.41) is 0.137. The van der Waals surface area contributed by atoms with E-state index in [2.05, 4.69) is 24.3 Å². The van der Waals surface area contributed by atoms with E-state index in [-0.39, 0.29) is 5.38 Å². The summed E-state index contributed by atoms with van der Waals surface area (Å²) in [5.74, 6) is 0. The van der Waals surface area contributed by atoms with E-state index in [1.54, 1.807) is 0 Å². The first-order valence-corrected chi connectivity index (χ1v) is 7.08. The Morgan fingerprint density at radius 1 is 0.842 bits per heavy atom. The third kappa shape index (κ3) is 5.46. The van der Waals surface area contributed by atoms with E-state index in [1.165, 1.54) is 11.1 Å². The summed E-state index contributed by atoms with van der Waals surface area (Å²) >= 11 is 6.32. The average molecular weight is 275 g/mol. The Labute approximate surface area is 120 Å². The second-order valence-corrected chi connectivity index (χ2v) is 5.23. The number of benzene rings is 2. The molecular weight excluding hydrogens is 256 g/mol. The summed E-state index contributed by atoms with van der Waals surface area (Å²) < 4.78 is 5.64. The van der Waals surface area contributed by atoms with Crippen molar-refractivity contribution in [1.29, 1.82) is 0 Å². The molecule has 0 saturated heterocycles. The van der Waals surface area contributed by atoms with Crippen LogP contribution in [0.25, 0.3) is 0 Å². The number of hydrogen-bond donors (Lipinski definition) is 0. The lowest BCUT2D eigenvalue weighted by Crippen LogP contribution is -2.08. The van der Waals surface area contributed by atoms with E-state index in [4.69, 9.17) is 16.3 Å². The molecule has 19 heavy (non-hydrogen) atoms. The summed E-state index contributed by atoms with van der Waals surface area (Å²) in [6.07, 6.45) is 1.78. The molecule has 0 aliphatic carbocycles. The van der Waals surface area contributed by atoms with Gasteiger partial charge in [-0.25, -0.2) is 0 Å². The van der Waals surface area contributed by atoms with Gasteiger partial charge in [0.15, 0.2) is 0 Å². The van der Waals surface area contributed by atoms with Gasteiger partial charge in [-0.1, -0.05) is 60.7 Å². The molecule has 0 radical (unpaired) electrons. The largest absolute Gasteiger partial charge is 0.377 e. The molecule has 0 aromatic heterocycles. The molecule has 2 aromatic carbocycles. The van der Waals surface area contributed by atoms with Crippen molar-refractivity contribution in [2.75, 3.05) is 6.61 Å². The van der Waals surface area contributed by atoms with Gasteiger partial charge in [0.1, 0.15) is 0 Å². The van der Waals surface area contributed by atoms with Crippen molar-refractivity contribution in [2.45, 2.75) is 24.8 Å². The highest BCUT2D eigenvalue weighted by molar-refractivity contribution is 6.20. The second kappa shape index (κ2) is 7.98. The van der Waals surface area contributed by atoms with Gasteiger partial charge < -0.3 is 4.74 Å². The molecule has 0 N–H and O–H groups in total. The van der Waals surface area contributed by atoms with Crippen molar-refractivity contribution < 1.29 is 4.74 Å². The Morgan fingerprint density at radius 2 is 1.42 bits per heavy atom. The molecule has 0 bridgehead atoms. The highest BCUT2D eigenvalue weighted by Gasteiger charge is 2.05. The first kappa shape index (κ1) is 14.1. The lowest BCUT2D eigenvalue weighted by molar-refractivity contribution is 0.118. The van der Waals surface area contributed by atoms with Crippen LogP contribution in [0.3, 0.4) is 0 Å². The monoisotopic (exact) mass is 274 g/mol. The fourth-order valence-corrected chi connectivity index (χ4v) is 2.21.